The van der Waals surface area contributed by atoms with E-state index in [1.165, 1.54) is 5.56 Å². The van der Waals surface area contributed by atoms with E-state index in [1.807, 2.05) is 24.3 Å². The molecule has 7 heteroatoms. The molecule has 142 valence electrons. The Morgan fingerprint density at radius 1 is 1.19 bits per heavy atom. The lowest BCUT2D eigenvalue weighted by molar-refractivity contribution is 0.262. The quantitative estimate of drug-likeness (QED) is 0.678. The average molecular weight is 387 g/mol. The number of rotatable bonds is 6. The summed E-state index contributed by atoms with van der Waals surface area (Å²) >= 11 is 5.84. The number of ether oxygens (including phenoxy) is 1. The third-order valence-electron chi connectivity index (χ3n) is 4.52. The zero-order chi connectivity index (χ0) is 19.2. The van der Waals surface area contributed by atoms with E-state index in [9.17, 15) is 4.79 Å². The van der Waals surface area contributed by atoms with Gasteiger partial charge in [-0.05, 0) is 60.7 Å². The highest BCUT2D eigenvalue weighted by Crippen LogP contribution is 2.28. The van der Waals surface area contributed by atoms with Gasteiger partial charge in [0.15, 0.2) is 0 Å². The average Bonchev–Trinajstić information content (AvgIpc) is 3.07. The topological polar surface area (TPSA) is 88.7 Å². The number of anilines is 2. The van der Waals surface area contributed by atoms with E-state index in [0.717, 1.165) is 18.5 Å². The number of carbonyl (C=O) groups is 1. The predicted octanol–water partition coefficient (Wildman–Crippen LogP) is 4.58. The van der Waals surface area contributed by atoms with Crippen LogP contribution in [0.15, 0.2) is 53.5 Å². The summed E-state index contributed by atoms with van der Waals surface area (Å²) < 4.78 is 5.23. The standard InChI is InChI=1S/C20H23ClN4O2/c1-2-13(11-18-12-27-19(22)23-18)14-3-7-16(8-4-14)24-20(26)25-17-9-5-15(21)6-10-17/h3-10,13,18H,2,11-12H2,1H3,(H2,22,23)(H2,24,25,26)/t13-,18-/m0/s1. The van der Waals surface area contributed by atoms with E-state index < -0.39 is 0 Å². The molecule has 2 aromatic carbocycles. The summed E-state index contributed by atoms with van der Waals surface area (Å²) in [4.78, 5) is 16.4. The van der Waals surface area contributed by atoms with Crippen LogP contribution in [0.2, 0.25) is 5.02 Å². The van der Waals surface area contributed by atoms with Crippen molar-refractivity contribution in [2.24, 2.45) is 10.7 Å². The highest BCUT2D eigenvalue weighted by Gasteiger charge is 2.21. The minimum Gasteiger partial charge on any atom is -0.463 e. The number of nitrogens with zero attached hydrogens (tertiary/aromatic N) is 1. The van der Waals surface area contributed by atoms with Gasteiger partial charge >= 0.3 is 6.03 Å². The maximum Gasteiger partial charge on any atom is 0.323 e. The molecule has 1 heterocycles. The number of urea groups is 1. The Kier molecular flexibility index (Phi) is 6.19. The van der Waals surface area contributed by atoms with Crippen molar-refractivity contribution in [3.05, 3.63) is 59.1 Å². The number of hydrogen-bond acceptors (Lipinski definition) is 4. The second-order valence-corrected chi connectivity index (χ2v) is 6.92. The Labute approximate surface area is 163 Å². The fraction of sp³-hybridized carbons (Fsp3) is 0.300. The van der Waals surface area contributed by atoms with Gasteiger partial charge in [0.25, 0.3) is 6.02 Å². The summed E-state index contributed by atoms with van der Waals surface area (Å²) in [7, 11) is 0. The summed E-state index contributed by atoms with van der Waals surface area (Å²) in [6.45, 7) is 2.70. The highest BCUT2D eigenvalue weighted by atomic mass is 35.5. The summed E-state index contributed by atoms with van der Waals surface area (Å²) in [6.07, 6.45) is 1.89. The number of amidine groups is 1. The van der Waals surface area contributed by atoms with Gasteiger partial charge in [-0.15, -0.1) is 0 Å². The van der Waals surface area contributed by atoms with Gasteiger partial charge in [0, 0.05) is 16.4 Å². The van der Waals surface area contributed by atoms with Crippen LogP contribution in [0.1, 0.15) is 31.2 Å². The normalized spacial score (nSPS) is 17.0. The van der Waals surface area contributed by atoms with Crippen molar-refractivity contribution in [3.63, 3.8) is 0 Å². The maximum absolute atomic E-state index is 12.1. The van der Waals surface area contributed by atoms with Crippen LogP contribution in [0.4, 0.5) is 16.2 Å². The third kappa shape index (κ3) is 5.37. The van der Waals surface area contributed by atoms with Crippen LogP contribution in [0.3, 0.4) is 0 Å². The molecule has 0 unspecified atom stereocenters. The van der Waals surface area contributed by atoms with E-state index in [1.54, 1.807) is 24.3 Å². The molecule has 6 nitrogen and oxygen atoms in total. The zero-order valence-corrected chi connectivity index (χ0v) is 15.9. The van der Waals surface area contributed by atoms with Crippen molar-refractivity contribution in [3.8, 4) is 0 Å². The van der Waals surface area contributed by atoms with Gasteiger partial charge in [0.2, 0.25) is 0 Å². The summed E-state index contributed by atoms with van der Waals surface area (Å²) in [5.41, 5.74) is 8.20. The van der Waals surface area contributed by atoms with E-state index >= 15 is 0 Å². The zero-order valence-electron chi connectivity index (χ0n) is 15.1. The summed E-state index contributed by atoms with van der Waals surface area (Å²) in [6, 6.07) is 14.9. The van der Waals surface area contributed by atoms with Crippen LogP contribution in [0.25, 0.3) is 0 Å². The van der Waals surface area contributed by atoms with Crippen molar-refractivity contribution < 1.29 is 9.53 Å². The third-order valence-corrected chi connectivity index (χ3v) is 4.78. The minimum atomic E-state index is -0.301. The second kappa shape index (κ2) is 8.77. The molecule has 1 aliphatic rings. The molecular formula is C20H23ClN4O2. The van der Waals surface area contributed by atoms with Crippen molar-refractivity contribution in [2.45, 2.75) is 31.7 Å². The van der Waals surface area contributed by atoms with E-state index in [-0.39, 0.29) is 18.1 Å². The number of carbonyl (C=O) groups excluding carboxylic acids is 1. The predicted molar refractivity (Wildman–Crippen MR) is 110 cm³/mol. The summed E-state index contributed by atoms with van der Waals surface area (Å²) in [5.74, 6) is 0.366. The van der Waals surface area contributed by atoms with Gasteiger partial charge in [0.05, 0.1) is 6.04 Å². The number of aliphatic imine (C=N–C) groups is 1. The smallest absolute Gasteiger partial charge is 0.323 e. The van der Waals surface area contributed by atoms with Crippen molar-refractivity contribution >= 4 is 35.0 Å². The van der Waals surface area contributed by atoms with Crippen LogP contribution in [-0.2, 0) is 4.74 Å². The molecule has 1 aliphatic heterocycles. The first-order chi connectivity index (χ1) is 13.0. The van der Waals surface area contributed by atoms with E-state index in [0.29, 0.717) is 23.2 Å². The second-order valence-electron chi connectivity index (χ2n) is 6.48. The largest absolute Gasteiger partial charge is 0.463 e. The number of nitrogens with two attached hydrogens (primary N) is 1. The van der Waals surface area contributed by atoms with Gasteiger partial charge in [-0.2, -0.15) is 0 Å². The molecule has 3 rings (SSSR count). The van der Waals surface area contributed by atoms with Crippen molar-refractivity contribution in [2.75, 3.05) is 17.2 Å². The fourth-order valence-electron chi connectivity index (χ4n) is 3.09. The van der Waals surface area contributed by atoms with Crippen LogP contribution < -0.4 is 16.4 Å². The molecular weight excluding hydrogens is 364 g/mol. The molecule has 0 fully saturated rings. The molecule has 2 amide bonds. The first-order valence-electron chi connectivity index (χ1n) is 8.93. The Morgan fingerprint density at radius 3 is 2.30 bits per heavy atom. The molecule has 0 radical (unpaired) electrons. The Morgan fingerprint density at radius 2 is 1.78 bits per heavy atom. The monoisotopic (exact) mass is 386 g/mol. The molecule has 4 N–H and O–H groups in total. The van der Waals surface area contributed by atoms with Crippen LogP contribution in [-0.4, -0.2) is 24.7 Å². The molecule has 27 heavy (non-hydrogen) atoms. The van der Waals surface area contributed by atoms with Gasteiger partial charge in [-0.1, -0.05) is 30.7 Å². The SMILES string of the molecule is CC[C@@H](C[C@H]1COC(N)=N1)c1ccc(NC(=O)Nc2ccc(Cl)cc2)cc1. The van der Waals surface area contributed by atoms with Crippen LogP contribution in [0, 0.1) is 0 Å². The van der Waals surface area contributed by atoms with E-state index in [4.69, 9.17) is 22.1 Å². The van der Waals surface area contributed by atoms with Gasteiger partial charge in [-0.25, -0.2) is 9.79 Å². The van der Waals surface area contributed by atoms with Gasteiger partial charge < -0.3 is 21.1 Å². The van der Waals surface area contributed by atoms with Crippen LogP contribution in [0.5, 0.6) is 0 Å². The lowest BCUT2D eigenvalue weighted by Crippen LogP contribution is -2.19. The summed E-state index contributed by atoms with van der Waals surface area (Å²) in [5, 5.41) is 6.22. The van der Waals surface area contributed by atoms with E-state index in [2.05, 4.69) is 22.5 Å². The van der Waals surface area contributed by atoms with Crippen molar-refractivity contribution in [1.82, 2.24) is 0 Å². The van der Waals surface area contributed by atoms with Crippen LogP contribution >= 0.6 is 11.6 Å². The number of halogens is 1. The molecule has 0 bridgehead atoms. The number of nitrogens with one attached hydrogen (secondary N) is 2. The Bertz CT molecular complexity index is 806. The first-order valence-corrected chi connectivity index (χ1v) is 9.31. The molecule has 0 aliphatic carbocycles. The lowest BCUT2D eigenvalue weighted by atomic mass is 9.90. The van der Waals surface area contributed by atoms with Crippen molar-refractivity contribution in [1.29, 1.82) is 0 Å². The lowest BCUT2D eigenvalue weighted by Gasteiger charge is -2.18. The maximum atomic E-state index is 12.1. The van der Waals surface area contributed by atoms with Gasteiger partial charge in [0.1, 0.15) is 6.61 Å². The number of amides is 2. The molecule has 2 atom stereocenters. The van der Waals surface area contributed by atoms with Gasteiger partial charge in [-0.3, -0.25) is 0 Å². The molecule has 2 aromatic rings. The molecule has 0 aromatic heterocycles. The highest BCUT2D eigenvalue weighted by molar-refractivity contribution is 6.30. The Hall–Kier alpha value is -2.73. The minimum absolute atomic E-state index is 0.109. The fourth-order valence-corrected chi connectivity index (χ4v) is 3.21. The molecule has 0 spiro atoms. The molecule has 0 saturated carbocycles. The first kappa shape index (κ1) is 19.0. The number of benzene rings is 2. The molecule has 0 saturated heterocycles. The Balaban J connectivity index is 1.57. The number of hydrogen-bond donors (Lipinski definition) is 3.